The van der Waals surface area contributed by atoms with E-state index in [-0.39, 0.29) is 11.6 Å². The molecule has 0 saturated heterocycles. The van der Waals surface area contributed by atoms with Gasteiger partial charge < -0.3 is 0 Å². The zero-order valence-electron chi connectivity index (χ0n) is 10.8. The number of thiophene rings is 1. The fraction of sp³-hybridized carbons (Fsp3) is 0.308. The van der Waals surface area contributed by atoms with Crippen LogP contribution in [0.2, 0.25) is 0 Å². The van der Waals surface area contributed by atoms with E-state index in [0.717, 1.165) is 9.71 Å². The first-order valence-corrected chi connectivity index (χ1v) is 6.91. The summed E-state index contributed by atoms with van der Waals surface area (Å²) in [4.78, 5) is 18.7. The first-order chi connectivity index (χ1) is 9.15. The summed E-state index contributed by atoms with van der Waals surface area (Å²) in [5, 5.41) is 4.87. The highest BCUT2D eigenvalue weighted by molar-refractivity contribution is 7.18. The highest BCUT2D eigenvalue weighted by atomic mass is 32.1. The third kappa shape index (κ3) is 2.19. The third-order valence-electron chi connectivity index (χ3n) is 3.09. The van der Waals surface area contributed by atoms with Crippen LogP contribution < -0.4 is 5.56 Å². The molecule has 0 aliphatic heterocycles. The second-order valence-corrected chi connectivity index (χ2v) is 5.84. The van der Waals surface area contributed by atoms with Crippen LogP contribution in [-0.4, -0.2) is 19.3 Å². The number of aromatic nitrogens is 4. The second-order valence-electron chi connectivity index (χ2n) is 4.61. The minimum atomic E-state index is 0.0181. The van der Waals surface area contributed by atoms with Gasteiger partial charge in [0.1, 0.15) is 4.83 Å². The summed E-state index contributed by atoms with van der Waals surface area (Å²) in [7, 11) is 0. The van der Waals surface area contributed by atoms with Gasteiger partial charge in [0.2, 0.25) is 0 Å². The predicted molar refractivity (Wildman–Crippen MR) is 75.6 cm³/mol. The molecule has 0 N–H and O–H groups in total. The Balaban J connectivity index is 2.00. The van der Waals surface area contributed by atoms with Crippen molar-refractivity contribution < 1.29 is 0 Å². The van der Waals surface area contributed by atoms with Crippen molar-refractivity contribution in [3.05, 3.63) is 46.1 Å². The minimum absolute atomic E-state index is 0.0181. The maximum atomic E-state index is 12.4. The molecule has 0 unspecified atom stereocenters. The van der Waals surface area contributed by atoms with Gasteiger partial charge in [-0.2, -0.15) is 5.10 Å². The molecule has 3 aromatic rings. The summed E-state index contributed by atoms with van der Waals surface area (Å²) in [5.74, 6) is 0. The number of fused-ring (bicyclic) bond motifs is 1. The normalized spacial score (nSPS) is 12.9. The molecule has 0 fully saturated rings. The molecular formula is C13H14N4OS. The van der Waals surface area contributed by atoms with Gasteiger partial charge in [0.05, 0.1) is 24.3 Å². The minimum Gasteiger partial charge on any atom is -0.294 e. The fourth-order valence-electron chi connectivity index (χ4n) is 2.14. The molecule has 6 heteroatoms. The molecule has 1 atom stereocenters. The third-order valence-corrected chi connectivity index (χ3v) is 4.04. The monoisotopic (exact) mass is 274 g/mol. The molecule has 5 nitrogen and oxygen atoms in total. The van der Waals surface area contributed by atoms with E-state index in [1.807, 2.05) is 36.9 Å². The molecule has 0 spiro atoms. The second kappa shape index (κ2) is 4.62. The summed E-state index contributed by atoms with van der Waals surface area (Å²) in [6, 6.07) is 3.80. The van der Waals surface area contributed by atoms with Crippen molar-refractivity contribution in [3.63, 3.8) is 0 Å². The lowest BCUT2D eigenvalue weighted by molar-refractivity contribution is 0.426. The van der Waals surface area contributed by atoms with Crippen molar-refractivity contribution in [1.29, 1.82) is 0 Å². The largest absolute Gasteiger partial charge is 0.294 e. The van der Waals surface area contributed by atoms with E-state index < -0.39 is 0 Å². The number of hydrogen-bond acceptors (Lipinski definition) is 4. The summed E-state index contributed by atoms with van der Waals surface area (Å²) in [5.41, 5.74) is 0.0222. The maximum absolute atomic E-state index is 12.4. The highest BCUT2D eigenvalue weighted by Gasteiger charge is 2.12. The average molecular weight is 274 g/mol. The topological polar surface area (TPSA) is 52.7 Å². The average Bonchev–Trinajstić information content (AvgIpc) is 2.98. The van der Waals surface area contributed by atoms with Gasteiger partial charge in [-0.1, -0.05) is 0 Å². The van der Waals surface area contributed by atoms with Gasteiger partial charge in [0.25, 0.3) is 5.56 Å². The fourth-order valence-corrected chi connectivity index (χ4v) is 2.98. The first kappa shape index (κ1) is 12.1. The van der Waals surface area contributed by atoms with Crippen LogP contribution in [0.1, 0.15) is 17.8 Å². The van der Waals surface area contributed by atoms with E-state index >= 15 is 0 Å². The Morgan fingerprint density at radius 3 is 3.05 bits per heavy atom. The molecule has 19 heavy (non-hydrogen) atoms. The predicted octanol–water partition coefficient (Wildman–Crippen LogP) is 2.22. The van der Waals surface area contributed by atoms with Crippen molar-refractivity contribution in [1.82, 2.24) is 19.3 Å². The molecule has 0 aliphatic rings. The molecule has 0 bridgehead atoms. The Hall–Kier alpha value is -1.95. The Labute approximate surface area is 114 Å². The quantitative estimate of drug-likeness (QED) is 0.736. The molecule has 0 aliphatic carbocycles. The van der Waals surface area contributed by atoms with E-state index in [1.165, 1.54) is 0 Å². The van der Waals surface area contributed by atoms with Gasteiger partial charge in [0, 0.05) is 17.3 Å². The Kier molecular flexibility index (Phi) is 2.94. The standard InChI is InChI=1S/C13H14N4OS/c1-9(7-16-5-3-4-15-16)17-8-14-12-11(13(17)18)6-10(2)19-12/h3-6,8-9H,7H2,1-2H3/t9-/m0/s1. The molecule has 0 aromatic carbocycles. The van der Waals surface area contributed by atoms with Crippen LogP contribution in [0.25, 0.3) is 10.2 Å². The number of aryl methyl sites for hydroxylation is 1. The lowest BCUT2D eigenvalue weighted by Gasteiger charge is -2.14. The molecule has 3 rings (SSSR count). The zero-order valence-corrected chi connectivity index (χ0v) is 11.6. The van der Waals surface area contributed by atoms with Gasteiger partial charge in [-0.25, -0.2) is 4.98 Å². The van der Waals surface area contributed by atoms with Gasteiger partial charge in [0.15, 0.2) is 0 Å². The summed E-state index contributed by atoms with van der Waals surface area (Å²) >= 11 is 1.55. The summed E-state index contributed by atoms with van der Waals surface area (Å²) in [6.45, 7) is 4.64. The van der Waals surface area contributed by atoms with Crippen molar-refractivity contribution in [2.75, 3.05) is 0 Å². The van der Waals surface area contributed by atoms with Crippen molar-refractivity contribution in [2.24, 2.45) is 0 Å². The summed E-state index contributed by atoms with van der Waals surface area (Å²) in [6.07, 6.45) is 5.26. The van der Waals surface area contributed by atoms with Crippen molar-refractivity contribution >= 4 is 21.6 Å². The van der Waals surface area contributed by atoms with E-state index in [2.05, 4.69) is 10.1 Å². The van der Waals surface area contributed by atoms with Crippen molar-refractivity contribution in [3.8, 4) is 0 Å². The van der Waals surface area contributed by atoms with Crippen LogP contribution in [0.3, 0.4) is 0 Å². The van der Waals surface area contributed by atoms with E-state index in [0.29, 0.717) is 11.9 Å². The summed E-state index contributed by atoms with van der Waals surface area (Å²) < 4.78 is 3.50. The lowest BCUT2D eigenvalue weighted by atomic mass is 10.3. The maximum Gasteiger partial charge on any atom is 0.262 e. The van der Waals surface area contributed by atoms with E-state index in [1.54, 1.807) is 28.4 Å². The molecule has 98 valence electrons. The Bertz CT molecular complexity index is 757. The van der Waals surface area contributed by atoms with Crippen LogP contribution in [0.15, 0.2) is 35.6 Å². The smallest absolute Gasteiger partial charge is 0.262 e. The van der Waals surface area contributed by atoms with Crippen LogP contribution in [0.4, 0.5) is 0 Å². The highest BCUT2D eigenvalue weighted by Crippen LogP contribution is 2.20. The molecule has 0 radical (unpaired) electrons. The molecule has 0 saturated carbocycles. The molecule has 3 aromatic heterocycles. The lowest BCUT2D eigenvalue weighted by Crippen LogP contribution is -2.26. The molecule has 0 amide bonds. The van der Waals surface area contributed by atoms with Crippen LogP contribution in [0.5, 0.6) is 0 Å². The van der Waals surface area contributed by atoms with Crippen molar-refractivity contribution in [2.45, 2.75) is 26.4 Å². The van der Waals surface area contributed by atoms with Gasteiger partial charge in [-0.05, 0) is 26.0 Å². The van der Waals surface area contributed by atoms with Crippen LogP contribution in [-0.2, 0) is 6.54 Å². The number of hydrogen-bond donors (Lipinski definition) is 0. The van der Waals surface area contributed by atoms with Crippen LogP contribution >= 0.6 is 11.3 Å². The Morgan fingerprint density at radius 2 is 2.32 bits per heavy atom. The number of rotatable bonds is 3. The van der Waals surface area contributed by atoms with Gasteiger partial charge in [-0.3, -0.25) is 14.0 Å². The van der Waals surface area contributed by atoms with Crippen LogP contribution in [0, 0.1) is 6.92 Å². The first-order valence-electron chi connectivity index (χ1n) is 6.10. The van der Waals surface area contributed by atoms with Gasteiger partial charge in [-0.15, -0.1) is 11.3 Å². The number of nitrogens with zero attached hydrogens (tertiary/aromatic N) is 4. The van der Waals surface area contributed by atoms with E-state index in [4.69, 9.17) is 0 Å². The van der Waals surface area contributed by atoms with E-state index in [9.17, 15) is 4.79 Å². The zero-order chi connectivity index (χ0) is 13.4. The Morgan fingerprint density at radius 1 is 1.47 bits per heavy atom. The SMILES string of the molecule is Cc1cc2c(=O)n([C@@H](C)Cn3cccn3)cnc2s1. The van der Waals surface area contributed by atoms with Gasteiger partial charge >= 0.3 is 0 Å². The molecule has 3 heterocycles. The molecular weight excluding hydrogens is 260 g/mol.